The first-order chi connectivity index (χ1) is 13.6. The van der Waals surface area contributed by atoms with E-state index in [1.807, 2.05) is 36.4 Å². The molecule has 3 rings (SSSR count). The van der Waals surface area contributed by atoms with Crippen molar-refractivity contribution in [2.75, 3.05) is 25.0 Å². The zero-order chi connectivity index (χ0) is 19.8. The molecule has 2 heterocycles. The van der Waals surface area contributed by atoms with E-state index in [0.717, 1.165) is 5.56 Å². The summed E-state index contributed by atoms with van der Waals surface area (Å²) in [5.41, 5.74) is -0.234. The van der Waals surface area contributed by atoms with Gasteiger partial charge in [-0.2, -0.15) is 0 Å². The van der Waals surface area contributed by atoms with Gasteiger partial charge < -0.3 is 19.9 Å². The molecule has 0 aliphatic carbocycles. The highest BCUT2D eigenvalue weighted by Crippen LogP contribution is 2.32. The van der Waals surface area contributed by atoms with E-state index in [1.54, 1.807) is 18.3 Å². The monoisotopic (exact) mass is 385 g/mol. The molecule has 2 N–H and O–H groups in total. The van der Waals surface area contributed by atoms with Crippen LogP contribution >= 0.6 is 0 Å². The van der Waals surface area contributed by atoms with Crippen molar-refractivity contribution in [3.05, 3.63) is 60.3 Å². The van der Waals surface area contributed by atoms with Crippen LogP contribution in [0.2, 0.25) is 0 Å². The molecule has 0 bridgehead atoms. The number of carbonyl (C=O) groups is 2. The number of pyridine rings is 1. The van der Waals surface area contributed by atoms with Crippen LogP contribution in [0.25, 0.3) is 0 Å². The van der Waals surface area contributed by atoms with Crippen molar-refractivity contribution in [1.82, 2.24) is 9.88 Å². The van der Waals surface area contributed by atoms with Gasteiger partial charge in [0.05, 0.1) is 6.54 Å². The second kappa shape index (κ2) is 9.18. The molecule has 1 aromatic carbocycles. The maximum atomic E-state index is 12.7. The van der Waals surface area contributed by atoms with Crippen LogP contribution in [0.1, 0.15) is 18.4 Å². The van der Waals surface area contributed by atoms with Gasteiger partial charge >= 0.3 is 12.1 Å². The van der Waals surface area contributed by atoms with Crippen molar-refractivity contribution >= 4 is 17.9 Å². The summed E-state index contributed by atoms with van der Waals surface area (Å²) in [6.07, 6.45) is 2.30. The highest BCUT2D eigenvalue weighted by Gasteiger charge is 2.46. The van der Waals surface area contributed by atoms with Gasteiger partial charge in [-0.3, -0.25) is 4.90 Å². The molecule has 8 heteroatoms. The smallest absolute Gasteiger partial charge is 0.412 e. The summed E-state index contributed by atoms with van der Waals surface area (Å²) in [5.74, 6) is -0.480. The minimum atomic E-state index is -1.11. The molecule has 8 nitrogen and oxygen atoms in total. The first kappa shape index (κ1) is 19.6. The number of anilines is 1. The zero-order valence-electron chi connectivity index (χ0n) is 15.4. The molecule has 1 saturated heterocycles. The van der Waals surface area contributed by atoms with Crippen LogP contribution in [0.3, 0.4) is 0 Å². The average molecular weight is 385 g/mol. The molecule has 0 saturated carbocycles. The van der Waals surface area contributed by atoms with Crippen LogP contribution < -0.4 is 5.32 Å². The predicted molar refractivity (Wildman–Crippen MR) is 102 cm³/mol. The summed E-state index contributed by atoms with van der Waals surface area (Å²) in [7, 11) is 0. The van der Waals surface area contributed by atoms with E-state index < -0.39 is 24.4 Å². The molecule has 2 aromatic rings. The Morgan fingerprint density at radius 2 is 1.96 bits per heavy atom. The van der Waals surface area contributed by atoms with Crippen LogP contribution in [-0.4, -0.2) is 52.5 Å². The van der Waals surface area contributed by atoms with Crippen LogP contribution in [0.5, 0.6) is 0 Å². The zero-order valence-corrected chi connectivity index (χ0v) is 15.4. The number of amides is 1. The summed E-state index contributed by atoms with van der Waals surface area (Å²) >= 11 is 0. The number of benzene rings is 1. The summed E-state index contributed by atoms with van der Waals surface area (Å²) in [6.45, 7) is 0.264. The molecule has 1 aliphatic rings. The van der Waals surface area contributed by atoms with Gasteiger partial charge in [0, 0.05) is 12.7 Å². The van der Waals surface area contributed by atoms with E-state index in [9.17, 15) is 9.59 Å². The topological polar surface area (TPSA) is 101 Å². The van der Waals surface area contributed by atoms with Crippen molar-refractivity contribution in [2.45, 2.75) is 25.2 Å². The number of hydrogen-bond donors (Lipinski definition) is 2. The maximum Gasteiger partial charge on any atom is 0.412 e. The Morgan fingerprint density at radius 3 is 2.68 bits per heavy atom. The Kier molecular flexibility index (Phi) is 6.44. The fraction of sp³-hybridized carbons (Fsp3) is 0.350. The second-order valence-corrected chi connectivity index (χ2v) is 6.49. The van der Waals surface area contributed by atoms with Gasteiger partial charge in [-0.15, -0.1) is 0 Å². The fourth-order valence-electron chi connectivity index (χ4n) is 3.18. The summed E-state index contributed by atoms with van der Waals surface area (Å²) < 4.78 is 11.1. The lowest BCUT2D eigenvalue weighted by atomic mass is 10.1. The van der Waals surface area contributed by atoms with Crippen LogP contribution in [0, 0.1) is 0 Å². The highest BCUT2D eigenvalue weighted by atomic mass is 16.6. The van der Waals surface area contributed by atoms with Gasteiger partial charge in [-0.25, -0.2) is 14.6 Å². The van der Waals surface area contributed by atoms with Gasteiger partial charge in [-0.05, 0) is 30.5 Å². The fourth-order valence-corrected chi connectivity index (χ4v) is 3.18. The van der Waals surface area contributed by atoms with E-state index in [4.69, 9.17) is 14.6 Å². The SMILES string of the molecule is O=C(O)COC1(CNc2ccccn2)CCCN1C(=O)OCc1ccccc1. The molecule has 1 aliphatic heterocycles. The quantitative estimate of drug-likeness (QED) is 0.720. The number of likely N-dealkylation sites (tertiary alicyclic amines) is 1. The van der Waals surface area contributed by atoms with Gasteiger partial charge in [0.2, 0.25) is 0 Å². The van der Waals surface area contributed by atoms with Crippen molar-refractivity contribution < 1.29 is 24.2 Å². The maximum absolute atomic E-state index is 12.7. The third-order valence-corrected chi connectivity index (χ3v) is 4.54. The van der Waals surface area contributed by atoms with Gasteiger partial charge in [0.1, 0.15) is 19.0 Å². The number of carboxylic acids is 1. The number of hydrogen-bond acceptors (Lipinski definition) is 6. The number of aliphatic carboxylic acids is 1. The number of nitrogens with zero attached hydrogens (tertiary/aromatic N) is 2. The standard InChI is InChI=1S/C20H23N3O5/c24-18(25)14-28-20(15-22-17-9-4-5-11-21-17)10-6-12-23(20)19(26)27-13-16-7-2-1-3-8-16/h1-5,7-9,11H,6,10,12-15H2,(H,21,22)(H,24,25). The highest BCUT2D eigenvalue weighted by molar-refractivity contribution is 5.70. The molecular formula is C20H23N3O5. The van der Waals surface area contributed by atoms with Crippen molar-refractivity contribution in [3.63, 3.8) is 0 Å². The largest absolute Gasteiger partial charge is 0.480 e. The minimum absolute atomic E-state index is 0.138. The summed E-state index contributed by atoms with van der Waals surface area (Å²) in [5, 5.41) is 12.2. The van der Waals surface area contributed by atoms with Crippen LogP contribution in [0.15, 0.2) is 54.7 Å². The number of nitrogens with one attached hydrogen (secondary N) is 1. The van der Waals surface area contributed by atoms with Gasteiger partial charge in [0.15, 0.2) is 5.72 Å². The van der Waals surface area contributed by atoms with E-state index in [1.165, 1.54) is 4.90 Å². The molecular weight excluding hydrogens is 362 g/mol. The van der Waals surface area contributed by atoms with Crippen LogP contribution in [-0.2, 0) is 20.9 Å². The Hall–Kier alpha value is -3.13. The Labute approximate surface area is 163 Å². The molecule has 148 valence electrons. The number of ether oxygens (including phenoxy) is 2. The number of carbonyl (C=O) groups excluding carboxylic acids is 1. The van der Waals surface area contributed by atoms with Crippen molar-refractivity contribution in [3.8, 4) is 0 Å². The summed E-state index contributed by atoms with van der Waals surface area (Å²) in [4.78, 5) is 29.5. The van der Waals surface area contributed by atoms with E-state index in [2.05, 4.69) is 10.3 Å². The Bertz CT molecular complexity index is 787. The van der Waals surface area contributed by atoms with Gasteiger partial charge in [0.25, 0.3) is 0 Å². The molecule has 1 aromatic heterocycles. The van der Waals surface area contributed by atoms with Crippen LogP contribution in [0.4, 0.5) is 10.6 Å². The first-order valence-electron chi connectivity index (χ1n) is 9.08. The lowest BCUT2D eigenvalue weighted by Gasteiger charge is -2.37. The first-order valence-corrected chi connectivity index (χ1v) is 9.08. The number of aromatic nitrogens is 1. The molecule has 0 radical (unpaired) electrons. The molecule has 1 fully saturated rings. The van der Waals surface area contributed by atoms with Gasteiger partial charge in [-0.1, -0.05) is 36.4 Å². The van der Waals surface area contributed by atoms with Crippen molar-refractivity contribution in [1.29, 1.82) is 0 Å². The predicted octanol–water partition coefficient (Wildman–Crippen LogP) is 2.72. The van der Waals surface area contributed by atoms with E-state index in [0.29, 0.717) is 25.2 Å². The molecule has 1 amide bonds. The normalized spacial score (nSPS) is 18.6. The number of carboxylic acid groups (broad SMARTS) is 1. The lowest BCUT2D eigenvalue weighted by Crippen LogP contribution is -2.54. The molecule has 28 heavy (non-hydrogen) atoms. The lowest BCUT2D eigenvalue weighted by molar-refractivity contribution is -0.160. The second-order valence-electron chi connectivity index (χ2n) is 6.49. The third-order valence-electron chi connectivity index (χ3n) is 4.54. The molecule has 1 atom stereocenters. The summed E-state index contributed by atoms with van der Waals surface area (Å²) in [6, 6.07) is 14.8. The molecule has 0 spiro atoms. The Balaban J connectivity index is 1.70. The molecule has 1 unspecified atom stereocenters. The minimum Gasteiger partial charge on any atom is -0.480 e. The average Bonchev–Trinajstić information content (AvgIpc) is 3.15. The third kappa shape index (κ3) is 4.98. The van der Waals surface area contributed by atoms with E-state index in [-0.39, 0.29) is 13.2 Å². The number of rotatable bonds is 8. The van der Waals surface area contributed by atoms with E-state index >= 15 is 0 Å². The Morgan fingerprint density at radius 1 is 1.18 bits per heavy atom. The van der Waals surface area contributed by atoms with Crippen molar-refractivity contribution in [2.24, 2.45) is 0 Å².